The average molecular weight is 379 g/mol. The van der Waals surface area contributed by atoms with Gasteiger partial charge in [-0.15, -0.1) is 5.10 Å². The minimum absolute atomic E-state index is 0.110. The Hall–Kier alpha value is -1.89. The van der Waals surface area contributed by atoms with Gasteiger partial charge in [0, 0.05) is 10.6 Å². The van der Waals surface area contributed by atoms with Gasteiger partial charge in [0.05, 0.1) is 16.5 Å². The van der Waals surface area contributed by atoms with Crippen LogP contribution in [0.25, 0.3) is 5.69 Å². The van der Waals surface area contributed by atoms with Crippen molar-refractivity contribution in [3.63, 3.8) is 0 Å². The van der Waals surface area contributed by atoms with Crippen LogP contribution in [-0.2, 0) is 0 Å². The lowest BCUT2D eigenvalue weighted by Gasteiger charge is -2.07. The summed E-state index contributed by atoms with van der Waals surface area (Å²) in [7, 11) is 0. The zero-order chi connectivity index (χ0) is 17.1. The first kappa shape index (κ1) is 17.0. The summed E-state index contributed by atoms with van der Waals surface area (Å²) >= 11 is 13.2. The molecule has 0 unspecified atom stereocenters. The van der Waals surface area contributed by atoms with E-state index in [1.807, 2.05) is 31.2 Å². The molecule has 122 valence electrons. The fourth-order valence-corrected chi connectivity index (χ4v) is 3.43. The van der Waals surface area contributed by atoms with Crippen LogP contribution in [0.1, 0.15) is 15.9 Å². The number of nitrogens with zero attached hydrogens (tertiary/aromatic N) is 4. The van der Waals surface area contributed by atoms with E-state index in [0.29, 0.717) is 20.8 Å². The number of para-hydroxylation sites is 1. The summed E-state index contributed by atoms with van der Waals surface area (Å²) < 4.78 is 1.62. The molecular formula is C16H12Cl2N4OS. The summed E-state index contributed by atoms with van der Waals surface area (Å²) in [5, 5.41) is 13.1. The maximum atomic E-state index is 12.4. The summed E-state index contributed by atoms with van der Waals surface area (Å²) in [4.78, 5) is 12.4. The third-order valence-electron chi connectivity index (χ3n) is 3.35. The van der Waals surface area contributed by atoms with E-state index in [9.17, 15) is 4.79 Å². The van der Waals surface area contributed by atoms with E-state index < -0.39 is 0 Å². The van der Waals surface area contributed by atoms with Crippen LogP contribution in [0.4, 0.5) is 0 Å². The highest BCUT2D eigenvalue weighted by atomic mass is 35.5. The van der Waals surface area contributed by atoms with Crippen molar-refractivity contribution in [3.8, 4) is 5.69 Å². The first-order valence-electron chi connectivity index (χ1n) is 7.01. The molecule has 1 heterocycles. The molecule has 0 bridgehead atoms. The molecule has 0 fully saturated rings. The fraction of sp³-hybridized carbons (Fsp3) is 0.125. The lowest BCUT2D eigenvalue weighted by Crippen LogP contribution is -2.06. The molecule has 0 atom stereocenters. The molecule has 24 heavy (non-hydrogen) atoms. The Bertz CT molecular complexity index is 897. The molecule has 0 spiro atoms. The lowest BCUT2D eigenvalue weighted by molar-refractivity contribution is 0.102. The van der Waals surface area contributed by atoms with Crippen molar-refractivity contribution >= 4 is 40.7 Å². The maximum Gasteiger partial charge on any atom is 0.214 e. The molecule has 0 saturated heterocycles. The van der Waals surface area contributed by atoms with Crippen LogP contribution in [-0.4, -0.2) is 31.7 Å². The van der Waals surface area contributed by atoms with E-state index in [1.54, 1.807) is 22.9 Å². The highest BCUT2D eigenvalue weighted by Gasteiger charge is 2.15. The molecule has 0 saturated carbocycles. The predicted octanol–water partition coefficient (Wildman–Crippen LogP) is 4.25. The minimum Gasteiger partial charge on any atom is -0.293 e. The molecule has 3 rings (SSSR count). The summed E-state index contributed by atoms with van der Waals surface area (Å²) in [6.45, 7) is 1.98. The van der Waals surface area contributed by atoms with Crippen molar-refractivity contribution in [2.24, 2.45) is 0 Å². The number of benzene rings is 2. The summed E-state index contributed by atoms with van der Waals surface area (Å²) in [6, 6.07) is 12.6. The number of halogens is 2. The van der Waals surface area contributed by atoms with Gasteiger partial charge in [-0.25, -0.2) is 0 Å². The zero-order valence-corrected chi connectivity index (χ0v) is 14.9. The molecule has 2 aromatic carbocycles. The van der Waals surface area contributed by atoms with Crippen molar-refractivity contribution in [1.82, 2.24) is 20.2 Å². The second kappa shape index (κ2) is 7.34. The molecule has 0 radical (unpaired) electrons. The number of carbonyl (C=O) groups is 1. The quantitative estimate of drug-likeness (QED) is 0.490. The Labute approximate surface area is 153 Å². The maximum absolute atomic E-state index is 12.4. The predicted molar refractivity (Wildman–Crippen MR) is 95.4 cm³/mol. The summed E-state index contributed by atoms with van der Waals surface area (Å²) in [5.74, 6) is 0.0640. The van der Waals surface area contributed by atoms with Crippen molar-refractivity contribution in [3.05, 3.63) is 63.6 Å². The van der Waals surface area contributed by atoms with E-state index >= 15 is 0 Å². The first-order chi connectivity index (χ1) is 11.6. The van der Waals surface area contributed by atoms with Crippen LogP contribution in [0.15, 0.2) is 47.6 Å². The Morgan fingerprint density at radius 3 is 2.75 bits per heavy atom. The van der Waals surface area contributed by atoms with E-state index in [1.165, 1.54) is 11.8 Å². The first-order valence-corrected chi connectivity index (χ1v) is 8.76. The number of aromatic nitrogens is 4. The largest absolute Gasteiger partial charge is 0.293 e. The number of hydrogen-bond donors (Lipinski definition) is 0. The summed E-state index contributed by atoms with van der Waals surface area (Å²) in [5.41, 5.74) is 2.35. The molecule has 0 aliphatic heterocycles. The number of ketones is 1. The monoisotopic (exact) mass is 378 g/mol. The van der Waals surface area contributed by atoms with Gasteiger partial charge in [-0.1, -0.05) is 53.2 Å². The van der Waals surface area contributed by atoms with Crippen LogP contribution in [0.5, 0.6) is 0 Å². The number of tetrazole rings is 1. The molecule has 5 nitrogen and oxygen atoms in total. The molecular weight excluding hydrogens is 367 g/mol. The molecule has 1 aromatic heterocycles. The van der Waals surface area contributed by atoms with Crippen LogP contribution >= 0.6 is 35.0 Å². The minimum atomic E-state index is -0.110. The second-order valence-corrected chi connectivity index (χ2v) is 6.78. The number of aryl methyl sites for hydroxylation is 1. The van der Waals surface area contributed by atoms with E-state index in [4.69, 9.17) is 23.2 Å². The smallest absolute Gasteiger partial charge is 0.214 e. The molecule has 0 aliphatic carbocycles. The second-order valence-electron chi connectivity index (χ2n) is 5.00. The Morgan fingerprint density at radius 2 is 2.00 bits per heavy atom. The molecule has 0 amide bonds. The van der Waals surface area contributed by atoms with Crippen LogP contribution < -0.4 is 0 Å². The SMILES string of the molecule is Cc1ccccc1-n1nnnc1SCC(=O)c1ccc(Cl)cc1Cl. The standard InChI is InChI=1S/C16H12Cl2N4OS/c1-10-4-2-3-5-14(10)22-16(19-20-21-22)24-9-15(23)12-7-6-11(17)8-13(12)18/h2-8H,9H2,1H3. The van der Waals surface area contributed by atoms with Crippen molar-refractivity contribution in [2.45, 2.75) is 12.1 Å². The number of hydrogen-bond acceptors (Lipinski definition) is 5. The van der Waals surface area contributed by atoms with E-state index in [2.05, 4.69) is 15.5 Å². The van der Waals surface area contributed by atoms with Gasteiger partial charge in [-0.05, 0) is 47.2 Å². The average Bonchev–Trinajstić information content (AvgIpc) is 3.01. The van der Waals surface area contributed by atoms with Gasteiger partial charge in [0.1, 0.15) is 0 Å². The lowest BCUT2D eigenvalue weighted by atomic mass is 10.1. The number of rotatable bonds is 5. The van der Waals surface area contributed by atoms with E-state index in [-0.39, 0.29) is 11.5 Å². The van der Waals surface area contributed by atoms with Crippen LogP contribution in [0.3, 0.4) is 0 Å². The van der Waals surface area contributed by atoms with Gasteiger partial charge >= 0.3 is 0 Å². The molecule has 8 heteroatoms. The van der Waals surface area contributed by atoms with Gasteiger partial charge in [0.25, 0.3) is 0 Å². The summed E-state index contributed by atoms with van der Waals surface area (Å²) in [6.07, 6.45) is 0. The third-order valence-corrected chi connectivity index (χ3v) is 4.82. The van der Waals surface area contributed by atoms with Crippen molar-refractivity contribution in [2.75, 3.05) is 5.75 Å². The highest BCUT2D eigenvalue weighted by molar-refractivity contribution is 7.99. The van der Waals surface area contributed by atoms with Gasteiger partial charge in [0.2, 0.25) is 5.16 Å². The van der Waals surface area contributed by atoms with Gasteiger partial charge < -0.3 is 0 Å². The fourth-order valence-electron chi connectivity index (χ4n) is 2.14. The molecule has 0 aliphatic rings. The number of Topliss-reactive ketones (excluding diaryl/α,β-unsaturated/α-hetero) is 1. The Balaban J connectivity index is 1.78. The van der Waals surface area contributed by atoms with Crippen molar-refractivity contribution < 1.29 is 4.79 Å². The zero-order valence-electron chi connectivity index (χ0n) is 12.6. The Kier molecular flexibility index (Phi) is 5.18. The normalized spacial score (nSPS) is 10.8. The van der Waals surface area contributed by atoms with Crippen LogP contribution in [0.2, 0.25) is 10.0 Å². The van der Waals surface area contributed by atoms with Gasteiger partial charge in [-0.3, -0.25) is 4.79 Å². The third kappa shape index (κ3) is 3.61. The number of thioether (sulfide) groups is 1. The van der Waals surface area contributed by atoms with Gasteiger partial charge in [0.15, 0.2) is 5.78 Å². The Morgan fingerprint density at radius 1 is 1.21 bits per heavy atom. The topological polar surface area (TPSA) is 60.7 Å². The van der Waals surface area contributed by atoms with Gasteiger partial charge in [-0.2, -0.15) is 4.68 Å². The molecule has 3 aromatic rings. The van der Waals surface area contributed by atoms with Crippen molar-refractivity contribution in [1.29, 1.82) is 0 Å². The van der Waals surface area contributed by atoms with Crippen LogP contribution in [0, 0.1) is 6.92 Å². The molecule has 0 N–H and O–H groups in total. The highest BCUT2D eigenvalue weighted by Crippen LogP contribution is 2.25. The van der Waals surface area contributed by atoms with E-state index in [0.717, 1.165) is 11.3 Å². The number of carbonyl (C=O) groups excluding carboxylic acids is 1.